The summed E-state index contributed by atoms with van der Waals surface area (Å²) >= 11 is 0. The topological polar surface area (TPSA) is 29.3 Å². The van der Waals surface area contributed by atoms with E-state index in [4.69, 9.17) is 5.73 Å². The maximum Gasteiger partial charge on any atom is 0.126 e. The lowest BCUT2D eigenvalue weighted by Crippen LogP contribution is -2.36. The Morgan fingerprint density at radius 3 is 2.44 bits per heavy atom. The highest BCUT2D eigenvalue weighted by Crippen LogP contribution is 2.22. The van der Waals surface area contributed by atoms with Crippen LogP contribution in [0, 0.1) is 18.7 Å². The van der Waals surface area contributed by atoms with Gasteiger partial charge >= 0.3 is 0 Å². The number of hydrogen-bond acceptors (Lipinski definition) is 2. The minimum atomic E-state index is -0.151. The smallest absolute Gasteiger partial charge is 0.126 e. The van der Waals surface area contributed by atoms with Crippen molar-refractivity contribution in [2.45, 2.75) is 33.7 Å². The van der Waals surface area contributed by atoms with Crippen LogP contribution >= 0.6 is 0 Å². The Balaban J connectivity index is 2.95. The number of nitrogens with zero attached hydrogens (tertiary/aromatic N) is 1. The van der Waals surface area contributed by atoms with Crippen molar-refractivity contribution >= 4 is 0 Å². The monoisotopic (exact) mass is 252 g/mol. The average molecular weight is 252 g/mol. The van der Waals surface area contributed by atoms with Crippen LogP contribution in [-0.4, -0.2) is 24.5 Å². The van der Waals surface area contributed by atoms with Gasteiger partial charge in [-0.25, -0.2) is 4.39 Å². The normalized spacial score (nSPS) is 13.3. The lowest BCUT2D eigenvalue weighted by Gasteiger charge is -2.31. The van der Waals surface area contributed by atoms with Crippen LogP contribution in [0.2, 0.25) is 0 Å². The molecule has 18 heavy (non-hydrogen) atoms. The van der Waals surface area contributed by atoms with Crippen molar-refractivity contribution < 1.29 is 4.39 Å². The largest absolute Gasteiger partial charge is 0.329 e. The molecule has 1 atom stereocenters. The van der Waals surface area contributed by atoms with Gasteiger partial charge in [0, 0.05) is 19.1 Å². The summed E-state index contributed by atoms with van der Waals surface area (Å²) < 4.78 is 13.3. The summed E-state index contributed by atoms with van der Waals surface area (Å²) in [5, 5.41) is 0. The molecular formula is C15H25FN2. The standard InChI is InChI=1S/C15H25FN2/c1-5-18(10-11(2)3)15(9-17)13-6-7-14(16)12(4)8-13/h6-8,11,15H,5,9-10,17H2,1-4H3. The fraction of sp³-hybridized carbons (Fsp3) is 0.600. The van der Waals surface area contributed by atoms with Gasteiger partial charge in [0.1, 0.15) is 5.82 Å². The van der Waals surface area contributed by atoms with Gasteiger partial charge in [-0.15, -0.1) is 0 Å². The molecule has 0 saturated carbocycles. The van der Waals surface area contributed by atoms with Gasteiger partial charge in [0.15, 0.2) is 0 Å². The van der Waals surface area contributed by atoms with Crippen LogP contribution in [0.15, 0.2) is 18.2 Å². The zero-order valence-electron chi connectivity index (χ0n) is 11.9. The predicted octanol–water partition coefficient (Wildman–Crippen LogP) is 3.11. The first-order chi connectivity index (χ1) is 8.49. The number of aryl methyl sites for hydroxylation is 1. The van der Waals surface area contributed by atoms with E-state index in [0.717, 1.165) is 18.7 Å². The molecule has 3 heteroatoms. The van der Waals surface area contributed by atoms with E-state index in [9.17, 15) is 4.39 Å². The van der Waals surface area contributed by atoms with E-state index >= 15 is 0 Å². The van der Waals surface area contributed by atoms with Crippen LogP contribution in [0.5, 0.6) is 0 Å². The van der Waals surface area contributed by atoms with Gasteiger partial charge in [-0.3, -0.25) is 4.90 Å². The quantitative estimate of drug-likeness (QED) is 0.843. The fourth-order valence-electron chi connectivity index (χ4n) is 2.32. The highest BCUT2D eigenvalue weighted by atomic mass is 19.1. The molecular weight excluding hydrogens is 227 g/mol. The third-order valence-electron chi connectivity index (χ3n) is 3.24. The molecule has 0 heterocycles. The minimum absolute atomic E-state index is 0.151. The zero-order valence-corrected chi connectivity index (χ0v) is 11.9. The third kappa shape index (κ3) is 3.79. The van der Waals surface area contributed by atoms with Crippen LogP contribution < -0.4 is 5.73 Å². The SMILES string of the molecule is CCN(CC(C)C)C(CN)c1ccc(F)c(C)c1. The summed E-state index contributed by atoms with van der Waals surface area (Å²) in [4.78, 5) is 2.36. The molecule has 2 nitrogen and oxygen atoms in total. The van der Waals surface area contributed by atoms with Crippen LogP contribution in [0.25, 0.3) is 0 Å². The van der Waals surface area contributed by atoms with E-state index in [-0.39, 0.29) is 11.9 Å². The first-order valence-corrected chi connectivity index (χ1v) is 6.69. The van der Waals surface area contributed by atoms with Gasteiger partial charge in [0.25, 0.3) is 0 Å². The Labute approximate surface area is 110 Å². The first-order valence-electron chi connectivity index (χ1n) is 6.69. The molecule has 1 unspecified atom stereocenters. The predicted molar refractivity (Wildman–Crippen MR) is 75.0 cm³/mol. The highest BCUT2D eigenvalue weighted by Gasteiger charge is 2.19. The van der Waals surface area contributed by atoms with Crippen LogP contribution in [0.1, 0.15) is 37.9 Å². The summed E-state index contributed by atoms with van der Waals surface area (Å²) in [6.45, 7) is 10.9. The Hall–Kier alpha value is -0.930. The molecule has 0 aliphatic rings. The summed E-state index contributed by atoms with van der Waals surface area (Å²) in [7, 11) is 0. The molecule has 2 N–H and O–H groups in total. The van der Waals surface area contributed by atoms with Gasteiger partial charge in [0.05, 0.1) is 0 Å². The van der Waals surface area contributed by atoms with Crippen molar-refractivity contribution in [3.63, 3.8) is 0 Å². The van der Waals surface area contributed by atoms with Gasteiger partial charge in [-0.2, -0.15) is 0 Å². The summed E-state index contributed by atoms with van der Waals surface area (Å²) in [5.41, 5.74) is 7.71. The van der Waals surface area contributed by atoms with Crippen molar-refractivity contribution in [1.82, 2.24) is 4.90 Å². The summed E-state index contributed by atoms with van der Waals surface area (Å²) in [5.74, 6) is 0.446. The van der Waals surface area contributed by atoms with Crippen LogP contribution in [0.3, 0.4) is 0 Å². The summed E-state index contributed by atoms with van der Waals surface area (Å²) in [6, 6.07) is 5.48. The molecule has 0 aliphatic carbocycles. The van der Waals surface area contributed by atoms with E-state index in [1.807, 2.05) is 12.1 Å². The van der Waals surface area contributed by atoms with Crippen molar-refractivity contribution in [3.8, 4) is 0 Å². The second-order valence-electron chi connectivity index (χ2n) is 5.24. The fourth-order valence-corrected chi connectivity index (χ4v) is 2.32. The maximum atomic E-state index is 13.3. The Morgan fingerprint density at radius 2 is 2.00 bits per heavy atom. The zero-order chi connectivity index (χ0) is 13.7. The van der Waals surface area contributed by atoms with E-state index in [1.165, 1.54) is 6.07 Å². The highest BCUT2D eigenvalue weighted by molar-refractivity contribution is 5.26. The minimum Gasteiger partial charge on any atom is -0.329 e. The van der Waals surface area contributed by atoms with Crippen molar-refractivity contribution in [3.05, 3.63) is 35.1 Å². The molecule has 0 amide bonds. The number of likely N-dealkylation sites (N-methyl/N-ethyl adjacent to an activating group) is 1. The molecule has 0 spiro atoms. The molecule has 0 aliphatic heterocycles. The maximum absolute atomic E-state index is 13.3. The molecule has 0 fully saturated rings. The molecule has 0 bridgehead atoms. The van der Waals surface area contributed by atoms with E-state index in [0.29, 0.717) is 18.0 Å². The molecule has 1 aromatic rings. The summed E-state index contributed by atoms with van der Waals surface area (Å²) in [6.07, 6.45) is 0. The van der Waals surface area contributed by atoms with E-state index in [2.05, 4.69) is 25.7 Å². The average Bonchev–Trinajstić information content (AvgIpc) is 2.32. The van der Waals surface area contributed by atoms with E-state index < -0.39 is 0 Å². The molecule has 0 aromatic heterocycles. The first kappa shape index (κ1) is 15.1. The van der Waals surface area contributed by atoms with E-state index in [1.54, 1.807) is 6.92 Å². The number of nitrogens with two attached hydrogens (primary N) is 1. The number of halogens is 1. The lowest BCUT2D eigenvalue weighted by atomic mass is 10.0. The molecule has 1 rings (SSSR count). The molecule has 102 valence electrons. The van der Waals surface area contributed by atoms with Gasteiger partial charge in [-0.05, 0) is 36.6 Å². The second-order valence-corrected chi connectivity index (χ2v) is 5.24. The molecule has 1 aromatic carbocycles. The van der Waals surface area contributed by atoms with Crippen molar-refractivity contribution in [1.29, 1.82) is 0 Å². The molecule has 0 radical (unpaired) electrons. The lowest BCUT2D eigenvalue weighted by molar-refractivity contribution is 0.189. The molecule has 0 saturated heterocycles. The number of hydrogen-bond donors (Lipinski definition) is 1. The van der Waals surface area contributed by atoms with Crippen molar-refractivity contribution in [2.24, 2.45) is 11.7 Å². The van der Waals surface area contributed by atoms with Gasteiger partial charge < -0.3 is 5.73 Å². The Morgan fingerprint density at radius 1 is 1.33 bits per heavy atom. The van der Waals surface area contributed by atoms with Gasteiger partial charge in [0.2, 0.25) is 0 Å². The van der Waals surface area contributed by atoms with Crippen LogP contribution in [0.4, 0.5) is 4.39 Å². The van der Waals surface area contributed by atoms with Crippen molar-refractivity contribution in [2.75, 3.05) is 19.6 Å². The van der Waals surface area contributed by atoms with Gasteiger partial charge in [-0.1, -0.05) is 32.9 Å². The van der Waals surface area contributed by atoms with Crippen LogP contribution in [-0.2, 0) is 0 Å². The third-order valence-corrected chi connectivity index (χ3v) is 3.24. The second kappa shape index (κ2) is 6.86. The Bertz CT molecular complexity index is 377. The number of rotatable bonds is 6. The Kier molecular flexibility index (Phi) is 5.76. The number of benzene rings is 1.